The summed E-state index contributed by atoms with van der Waals surface area (Å²) in [5.74, 6) is 0.0638. The maximum absolute atomic E-state index is 11.7. The fraction of sp³-hybridized carbons (Fsp3) is 0.143. The minimum Gasteiger partial charge on any atom is -0.439 e. The number of rotatable bonds is 5. The number of ether oxygens (including phenoxy) is 1. The average molecular weight is 335 g/mol. The summed E-state index contributed by atoms with van der Waals surface area (Å²) in [6.45, 7) is 1.42. The van der Waals surface area contributed by atoms with Gasteiger partial charge in [-0.05, 0) is 19.1 Å². The maximum Gasteiger partial charge on any atom is 0.418 e. The molecule has 0 saturated carbocycles. The van der Waals surface area contributed by atoms with Crippen LogP contribution in [0.5, 0.6) is 6.08 Å². The molecule has 1 aromatic carbocycles. The van der Waals surface area contributed by atoms with Crippen LogP contribution >= 0.6 is 11.6 Å². The lowest BCUT2D eigenvalue weighted by Crippen LogP contribution is -2.19. The first-order valence-corrected chi connectivity index (χ1v) is 6.94. The molecule has 0 aliphatic heterocycles. The maximum atomic E-state index is 11.7. The number of carbonyl (C=O) groups is 1. The second-order valence-corrected chi connectivity index (χ2v) is 4.94. The van der Waals surface area contributed by atoms with Gasteiger partial charge in [-0.2, -0.15) is 4.98 Å². The Morgan fingerprint density at radius 3 is 2.87 bits per heavy atom. The third-order valence-electron chi connectivity index (χ3n) is 2.74. The number of amides is 1. The van der Waals surface area contributed by atoms with Crippen LogP contribution in [0.25, 0.3) is 11.4 Å². The van der Waals surface area contributed by atoms with Crippen molar-refractivity contribution in [1.29, 1.82) is 0 Å². The molecule has 118 valence electrons. The molecule has 0 bridgehead atoms. The Labute approximate surface area is 135 Å². The lowest BCUT2D eigenvalue weighted by atomic mass is 10.2. The molecule has 3 aromatic rings. The largest absolute Gasteiger partial charge is 0.439 e. The number of benzene rings is 1. The molecule has 1 amide bonds. The van der Waals surface area contributed by atoms with Crippen molar-refractivity contribution in [3.05, 3.63) is 41.0 Å². The van der Waals surface area contributed by atoms with E-state index in [1.54, 1.807) is 37.3 Å². The Morgan fingerprint density at radius 2 is 2.13 bits per heavy atom. The number of nitrogens with one attached hydrogen (secondary N) is 1. The molecule has 2 aromatic heterocycles. The highest BCUT2D eigenvalue weighted by atomic mass is 35.5. The SMILES string of the molecule is Cc1cc(NC(=O)COc2nc(-c3ccccc3Cl)no2)on1. The van der Waals surface area contributed by atoms with Gasteiger partial charge in [0.15, 0.2) is 6.61 Å². The van der Waals surface area contributed by atoms with Gasteiger partial charge in [0.25, 0.3) is 5.91 Å². The summed E-state index contributed by atoms with van der Waals surface area (Å²) < 4.78 is 14.9. The van der Waals surface area contributed by atoms with Crippen molar-refractivity contribution < 1.29 is 18.6 Å². The summed E-state index contributed by atoms with van der Waals surface area (Å²) in [5.41, 5.74) is 1.26. The van der Waals surface area contributed by atoms with Gasteiger partial charge in [0.2, 0.25) is 11.7 Å². The van der Waals surface area contributed by atoms with Crippen LogP contribution in [0.1, 0.15) is 5.69 Å². The molecule has 0 spiro atoms. The normalized spacial score (nSPS) is 10.5. The average Bonchev–Trinajstić information content (AvgIpc) is 3.15. The van der Waals surface area contributed by atoms with Crippen molar-refractivity contribution in [3.8, 4) is 17.5 Å². The zero-order valence-corrected chi connectivity index (χ0v) is 12.7. The second kappa shape index (κ2) is 6.49. The van der Waals surface area contributed by atoms with Gasteiger partial charge in [-0.15, -0.1) is 0 Å². The zero-order chi connectivity index (χ0) is 16.2. The van der Waals surface area contributed by atoms with Gasteiger partial charge in [0, 0.05) is 11.6 Å². The quantitative estimate of drug-likeness (QED) is 0.765. The van der Waals surface area contributed by atoms with Crippen LogP contribution in [0.2, 0.25) is 5.02 Å². The van der Waals surface area contributed by atoms with Gasteiger partial charge in [0.1, 0.15) is 0 Å². The molecular formula is C14H11ClN4O4. The highest BCUT2D eigenvalue weighted by molar-refractivity contribution is 6.33. The van der Waals surface area contributed by atoms with E-state index < -0.39 is 5.91 Å². The molecule has 3 rings (SSSR count). The third kappa shape index (κ3) is 3.67. The molecule has 8 nitrogen and oxygen atoms in total. The molecule has 0 aliphatic rings. The minimum atomic E-state index is -0.446. The number of hydrogen-bond acceptors (Lipinski definition) is 7. The van der Waals surface area contributed by atoms with Crippen molar-refractivity contribution >= 4 is 23.4 Å². The van der Waals surface area contributed by atoms with Gasteiger partial charge in [-0.25, -0.2) is 0 Å². The van der Waals surface area contributed by atoms with Gasteiger partial charge in [-0.1, -0.05) is 34.0 Å². The number of halogens is 1. The number of aryl methyl sites for hydroxylation is 1. The Morgan fingerprint density at radius 1 is 1.30 bits per heavy atom. The number of carbonyl (C=O) groups excluding carboxylic acids is 1. The van der Waals surface area contributed by atoms with Crippen LogP contribution in [0.4, 0.5) is 5.88 Å². The van der Waals surface area contributed by atoms with E-state index in [9.17, 15) is 4.79 Å². The van der Waals surface area contributed by atoms with E-state index >= 15 is 0 Å². The lowest BCUT2D eigenvalue weighted by Gasteiger charge is -2.00. The zero-order valence-electron chi connectivity index (χ0n) is 11.9. The van der Waals surface area contributed by atoms with E-state index in [2.05, 4.69) is 20.6 Å². The molecule has 0 radical (unpaired) electrons. The fourth-order valence-electron chi connectivity index (χ4n) is 1.74. The summed E-state index contributed by atoms with van der Waals surface area (Å²) in [6, 6.07) is 8.63. The first kappa shape index (κ1) is 15.0. The second-order valence-electron chi connectivity index (χ2n) is 4.53. The van der Waals surface area contributed by atoms with E-state index in [-0.39, 0.29) is 24.4 Å². The summed E-state index contributed by atoms with van der Waals surface area (Å²) in [6.07, 6.45) is -0.135. The predicted octanol–water partition coefficient (Wildman–Crippen LogP) is 2.70. The fourth-order valence-corrected chi connectivity index (χ4v) is 1.96. The third-order valence-corrected chi connectivity index (χ3v) is 3.07. The van der Waals surface area contributed by atoms with E-state index in [4.69, 9.17) is 25.4 Å². The van der Waals surface area contributed by atoms with Gasteiger partial charge in [0.05, 0.1) is 10.7 Å². The Bertz CT molecular complexity index is 830. The number of anilines is 1. The van der Waals surface area contributed by atoms with E-state index in [1.165, 1.54) is 0 Å². The first-order valence-electron chi connectivity index (χ1n) is 6.56. The van der Waals surface area contributed by atoms with Gasteiger partial charge >= 0.3 is 6.08 Å². The van der Waals surface area contributed by atoms with Gasteiger partial charge < -0.3 is 9.26 Å². The van der Waals surface area contributed by atoms with Crippen LogP contribution in [0, 0.1) is 6.92 Å². The van der Waals surface area contributed by atoms with E-state index in [0.29, 0.717) is 16.3 Å². The first-order chi connectivity index (χ1) is 11.1. The van der Waals surface area contributed by atoms with Crippen LogP contribution in [0.3, 0.4) is 0 Å². The van der Waals surface area contributed by atoms with Gasteiger partial charge in [-0.3, -0.25) is 14.6 Å². The highest BCUT2D eigenvalue weighted by Crippen LogP contribution is 2.26. The van der Waals surface area contributed by atoms with Crippen molar-refractivity contribution in [2.75, 3.05) is 11.9 Å². The van der Waals surface area contributed by atoms with E-state index in [0.717, 1.165) is 0 Å². The smallest absolute Gasteiger partial charge is 0.418 e. The molecule has 0 atom stereocenters. The van der Waals surface area contributed by atoms with Crippen molar-refractivity contribution in [2.24, 2.45) is 0 Å². The molecule has 0 aliphatic carbocycles. The van der Waals surface area contributed by atoms with Crippen LogP contribution in [-0.4, -0.2) is 27.8 Å². The van der Waals surface area contributed by atoms with Crippen LogP contribution in [-0.2, 0) is 4.79 Å². The highest BCUT2D eigenvalue weighted by Gasteiger charge is 2.14. The summed E-state index contributed by atoms with van der Waals surface area (Å²) in [5, 5.41) is 10.4. The Balaban J connectivity index is 1.59. The topological polar surface area (TPSA) is 103 Å². The number of aromatic nitrogens is 3. The molecule has 0 saturated heterocycles. The lowest BCUT2D eigenvalue weighted by molar-refractivity contribution is -0.118. The van der Waals surface area contributed by atoms with Crippen molar-refractivity contribution in [2.45, 2.75) is 6.92 Å². The van der Waals surface area contributed by atoms with Crippen LogP contribution in [0.15, 0.2) is 39.4 Å². The molecule has 23 heavy (non-hydrogen) atoms. The number of hydrogen-bond donors (Lipinski definition) is 1. The number of nitrogens with zero attached hydrogens (tertiary/aromatic N) is 3. The monoisotopic (exact) mass is 334 g/mol. The molecule has 1 N–H and O–H groups in total. The molecule has 9 heteroatoms. The molecule has 0 fully saturated rings. The Hall–Kier alpha value is -2.87. The van der Waals surface area contributed by atoms with Crippen LogP contribution < -0.4 is 10.1 Å². The molecule has 2 heterocycles. The molecular weight excluding hydrogens is 324 g/mol. The summed E-state index contributed by atoms with van der Waals surface area (Å²) in [7, 11) is 0. The standard InChI is InChI=1S/C14H11ClN4O4/c1-8-6-12(22-18-8)16-11(20)7-21-14-17-13(19-23-14)9-4-2-3-5-10(9)15/h2-6H,7H2,1H3,(H,16,20). The van der Waals surface area contributed by atoms with Crippen molar-refractivity contribution in [3.63, 3.8) is 0 Å². The Kier molecular flexibility index (Phi) is 4.24. The summed E-state index contributed by atoms with van der Waals surface area (Å²) in [4.78, 5) is 15.7. The molecule has 0 unspecified atom stereocenters. The predicted molar refractivity (Wildman–Crippen MR) is 80.1 cm³/mol. The summed E-state index contributed by atoms with van der Waals surface area (Å²) >= 11 is 6.04. The van der Waals surface area contributed by atoms with Crippen molar-refractivity contribution in [1.82, 2.24) is 15.3 Å². The van der Waals surface area contributed by atoms with E-state index in [1.807, 2.05) is 0 Å². The minimum absolute atomic E-state index is 0.135.